The van der Waals surface area contributed by atoms with Gasteiger partial charge in [-0.2, -0.15) is 13.2 Å². The van der Waals surface area contributed by atoms with Crippen LogP contribution in [0.3, 0.4) is 0 Å². The first-order chi connectivity index (χ1) is 8.36. The predicted octanol–water partition coefficient (Wildman–Crippen LogP) is 1.48. The molecule has 1 aromatic carbocycles. The molecule has 0 bridgehead atoms. The highest BCUT2D eigenvalue weighted by Crippen LogP contribution is 2.23. The third-order valence-electron chi connectivity index (χ3n) is 2.06. The van der Waals surface area contributed by atoms with Crippen molar-refractivity contribution in [1.29, 1.82) is 0 Å². The summed E-state index contributed by atoms with van der Waals surface area (Å²) >= 11 is 0. The van der Waals surface area contributed by atoms with Crippen LogP contribution in [-0.4, -0.2) is 40.7 Å². The van der Waals surface area contributed by atoms with Crippen LogP contribution in [0.2, 0.25) is 0 Å². The molecule has 0 aliphatic heterocycles. The standard InChI is InChI=1S/C11H10F3NO3/c12-11(13,14)9(7-4-2-1-3-5-7)15-8(6-16)10(17)18/h1-5,8,16H,6H2,(H,17,18). The van der Waals surface area contributed by atoms with Gasteiger partial charge < -0.3 is 10.2 Å². The van der Waals surface area contributed by atoms with Crippen LogP contribution < -0.4 is 0 Å². The van der Waals surface area contributed by atoms with Gasteiger partial charge in [0.2, 0.25) is 0 Å². The zero-order valence-corrected chi connectivity index (χ0v) is 9.05. The van der Waals surface area contributed by atoms with Crippen molar-refractivity contribution in [3.63, 3.8) is 0 Å². The van der Waals surface area contributed by atoms with Crippen molar-refractivity contribution in [2.24, 2.45) is 4.99 Å². The number of hydrogen-bond acceptors (Lipinski definition) is 3. The summed E-state index contributed by atoms with van der Waals surface area (Å²) in [7, 11) is 0. The highest BCUT2D eigenvalue weighted by molar-refractivity contribution is 6.05. The minimum absolute atomic E-state index is 0.246. The second-order valence-corrected chi connectivity index (χ2v) is 3.38. The van der Waals surface area contributed by atoms with E-state index in [1.165, 1.54) is 30.3 Å². The Bertz CT molecular complexity index is 443. The van der Waals surface area contributed by atoms with Crippen LogP contribution in [0, 0.1) is 0 Å². The summed E-state index contributed by atoms with van der Waals surface area (Å²) < 4.78 is 38.3. The molecule has 0 aromatic heterocycles. The van der Waals surface area contributed by atoms with Crippen molar-refractivity contribution in [2.75, 3.05) is 6.61 Å². The predicted molar refractivity (Wildman–Crippen MR) is 57.5 cm³/mol. The average Bonchev–Trinajstić information content (AvgIpc) is 2.29. The van der Waals surface area contributed by atoms with E-state index in [0.29, 0.717) is 0 Å². The van der Waals surface area contributed by atoms with Gasteiger partial charge in [0.15, 0.2) is 6.04 Å². The zero-order chi connectivity index (χ0) is 13.8. The molecule has 0 spiro atoms. The number of aliphatic hydroxyl groups is 1. The number of aliphatic hydroxyl groups excluding tert-OH is 1. The van der Waals surface area contributed by atoms with Gasteiger partial charge in [0.1, 0.15) is 5.71 Å². The monoisotopic (exact) mass is 261 g/mol. The number of carboxylic acid groups (broad SMARTS) is 1. The van der Waals surface area contributed by atoms with Gasteiger partial charge in [0, 0.05) is 5.56 Å². The fourth-order valence-corrected chi connectivity index (χ4v) is 1.24. The van der Waals surface area contributed by atoms with E-state index in [0.717, 1.165) is 0 Å². The maximum absolute atomic E-state index is 12.8. The van der Waals surface area contributed by atoms with E-state index in [1.54, 1.807) is 0 Å². The van der Waals surface area contributed by atoms with Crippen molar-refractivity contribution >= 4 is 11.7 Å². The second-order valence-electron chi connectivity index (χ2n) is 3.38. The van der Waals surface area contributed by atoms with Gasteiger partial charge in [0.25, 0.3) is 0 Å². The van der Waals surface area contributed by atoms with Crippen molar-refractivity contribution in [1.82, 2.24) is 0 Å². The van der Waals surface area contributed by atoms with Crippen LogP contribution in [-0.2, 0) is 4.79 Å². The molecule has 18 heavy (non-hydrogen) atoms. The number of benzene rings is 1. The highest BCUT2D eigenvalue weighted by atomic mass is 19.4. The number of rotatable bonds is 4. The largest absolute Gasteiger partial charge is 0.480 e. The number of carbonyl (C=O) groups is 1. The van der Waals surface area contributed by atoms with E-state index in [1.807, 2.05) is 0 Å². The Kier molecular flexibility index (Phi) is 4.43. The normalized spacial score (nSPS) is 14.3. The lowest BCUT2D eigenvalue weighted by atomic mass is 10.1. The Morgan fingerprint density at radius 1 is 1.28 bits per heavy atom. The molecule has 4 nitrogen and oxygen atoms in total. The molecule has 7 heteroatoms. The third kappa shape index (κ3) is 3.56. The van der Waals surface area contributed by atoms with Gasteiger partial charge in [-0.15, -0.1) is 0 Å². The molecular weight excluding hydrogens is 251 g/mol. The van der Waals surface area contributed by atoms with E-state index >= 15 is 0 Å². The molecule has 0 saturated carbocycles. The quantitative estimate of drug-likeness (QED) is 0.806. The minimum Gasteiger partial charge on any atom is -0.480 e. The third-order valence-corrected chi connectivity index (χ3v) is 2.06. The molecule has 0 aliphatic rings. The summed E-state index contributed by atoms with van der Waals surface area (Å²) in [4.78, 5) is 13.7. The van der Waals surface area contributed by atoms with Crippen LogP contribution in [0.15, 0.2) is 35.3 Å². The van der Waals surface area contributed by atoms with E-state index < -0.39 is 30.5 Å². The van der Waals surface area contributed by atoms with Crippen molar-refractivity contribution in [3.8, 4) is 0 Å². The summed E-state index contributed by atoms with van der Waals surface area (Å²) in [5, 5.41) is 17.3. The maximum Gasteiger partial charge on any atom is 0.433 e. The number of aliphatic carboxylic acids is 1. The molecule has 1 atom stereocenters. The molecule has 2 N–H and O–H groups in total. The summed E-state index contributed by atoms with van der Waals surface area (Å²) in [6, 6.07) is 4.79. The number of carboxylic acids is 1. The molecule has 98 valence electrons. The summed E-state index contributed by atoms with van der Waals surface area (Å²) in [6.07, 6.45) is -4.79. The molecule has 1 unspecified atom stereocenters. The van der Waals surface area contributed by atoms with Crippen LogP contribution in [0.25, 0.3) is 0 Å². The average molecular weight is 261 g/mol. The molecule has 1 aromatic rings. The Morgan fingerprint density at radius 2 is 1.83 bits per heavy atom. The first-order valence-corrected chi connectivity index (χ1v) is 4.90. The van der Waals surface area contributed by atoms with Crippen molar-refractivity contribution in [3.05, 3.63) is 35.9 Å². The van der Waals surface area contributed by atoms with Crippen LogP contribution in [0.1, 0.15) is 5.56 Å². The van der Waals surface area contributed by atoms with Gasteiger partial charge in [-0.3, -0.25) is 4.99 Å². The zero-order valence-electron chi connectivity index (χ0n) is 9.05. The molecule has 0 heterocycles. The minimum atomic E-state index is -4.79. The lowest BCUT2D eigenvalue weighted by Crippen LogP contribution is -2.30. The van der Waals surface area contributed by atoms with E-state index in [9.17, 15) is 18.0 Å². The van der Waals surface area contributed by atoms with E-state index in [4.69, 9.17) is 10.2 Å². The second kappa shape index (κ2) is 5.63. The Hall–Kier alpha value is -1.89. The van der Waals surface area contributed by atoms with Crippen LogP contribution in [0.4, 0.5) is 13.2 Å². The van der Waals surface area contributed by atoms with Crippen LogP contribution in [0.5, 0.6) is 0 Å². The SMILES string of the molecule is O=C(O)C(CO)N=C(c1ccccc1)C(F)(F)F. The number of alkyl halides is 3. The van der Waals surface area contributed by atoms with Crippen molar-refractivity contribution in [2.45, 2.75) is 12.2 Å². The summed E-state index contributed by atoms with van der Waals surface area (Å²) in [6.45, 7) is -0.998. The Balaban J connectivity index is 3.23. The molecule has 0 radical (unpaired) electrons. The number of hydrogen-bond donors (Lipinski definition) is 2. The first-order valence-electron chi connectivity index (χ1n) is 4.90. The van der Waals surface area contributed by atoms with E-state index in [2.05, 4.69) is 4.99 Å². The van der Waals surface area contributed by atoms with Gasteiger partial charge in [-0.1, -0.05) is 30.3 Å². The number of aliphatic imine (C=N–C) groups is 1. The summed E-state index contributed by atoms with van der Waals surface area (Å²) in [5.41, 5.74) is -1.56. The molecule has 1 rings (SSSR count). The lowest BCUT2D eigenvalue weighted by molar-refractivity contribution is -0.139. The molecule has 0 amide bonds. The van der Waals surface area contributed by atoms with E-state index in [-0.39, 0.29) is 5.56 Å². The Morgan fingerprint density at radius 3 is 2.22 bits per heavy atom. The molecular formula is C11H10F3NO3. The smallest absolute Gasteiger partial charge is 0.433 e. The summed E-state index contributed by atoms with van der Waals surface area (Å²) in [5.74, 6) is -1.62. The molecule has 0 saturated heterocycles. The van der Waals surface area contributed by atoms with Crippen LogP contribution >= 0.6 is 0 Å². The lowest BCUT2D eigenvalue weighted by Gasteiger charge is -2.13. The fourth-order valence-electron chi connectivity index (χ4n) is 1.24. The first kappa shape index (κ1) is 14.2. The molecule has 0 fully saturated rings. The highest BCUT2D eigenvalue weighted by Gasteiger charge is 2.37. The van der Waals surface area contributed by atoms with Gasteiger partial charge >= 0.3 is 12.1 Å². The molecule has 0 aliphatic carbocycles. The van der Waals surface area contributed by atoms with Gasteiger partial charge in [-0.25, -0.2) is 4.79 Å². The topological polar surface area (TPSA) is 69.9 Å². The maximum atomic E-state index is 12.8. The number of halogens is 3. The Labute approximate surface area is 100 Å². The number of nitrogens with zero attached hydrogens (tertiary/aromatic N) is 1. The van der Waals surface area contributed by atoms with Gasteiger partial charge in [-0.05, 0) is 0 Å². The van der Waals surface area contributed by atoms with Crippen molar-refractivity contribution < 1.29 is 28.2 Å². The fraction of sp³-hybridized carbons (Fsp3) is 0.273. The van der Waals surface area contributed by atoms with Gasteiger partial charge in [0.05, 0.1) is 6.61 Å².